The lowest BCUT2D eigenvalue weighted by Crippen LogP contribution is -2.46. The van der Waals surface area contributed by atoms with Gasteiger partial charge >= 0.3 is 11.9 Å². The van der Waals surface area contributed by atoms with Gasteiger partial charge in [0.25, 0.3) is 0 Å². The van der Waals surface area contributed by atoms with Crippen LogP contribution in [0.2, 0.25) is 0 Å². The summed E-state index contributed by atoms with van der Waals surface area (Å²) in [6.45, 7) is 1.45. The number of esters is 2. The largest absolute Gasteiger partial charge is 0.472 e. The van der Waals surface area contributed by atoms with Gasteiger partial charge in [-0.1, -0.05) is 6.08 Å². The van der Waals surface area contributed by atoms with Crippen LogP contribution in [0, 0.1) is 11.8 Å². The minimum absolute atomic E-state index is 0.117. The fourth-order valence-electron chi connectivity index (χ4n) is 3.16. The maximum atomic E-state index is 11.9. The van der Waals surface area contributed by atoms with Crippen molar-refractivity contribution in [3.63, 3.8) is 0 Å². The Kier molecular flexibility index (Phi) is 3.34. The molecule has 22 heavy (non-hydrogen) atoms. The van der Waals surface area contributed by atoms with Gasteiger partial charge in [-0.2, -0.15) is 0 Å². The van der Waals surface area contributed by atoms with Crippen molar-refractivity contribution in [3.8, 4) is 0 Å². The molecule has 1 spiro atoms. The lowest BCUT2D eigenvalue weighted by molar-refractivity contribution is -0.172. The highest BCUT2D eigenvalue weighted by Crippen LogP contribution is 2.49. The van der Waals surface area contributed by atoms with Gasteiger partial charge in [0.2, 0.25) is 6.29 Å². The van der Waals surface area contributed by atoms with E-state index >= 15 is 0 Å². The first-order valence-electron chi connectivity index (χ1n) is 6.85. The second-order valence-electron chi connectivity index (χ2n) is 5.52. The summed E-state index contributed by atoms with van der Waals surface area (Å²) in [5.74, 6) is -2.45. The van der Waals surface area contributed by atoms with Gasteiger partial charge in [-0.15, -0.1) is 0 Å². The molecule has 2 heterocycles. The van der Waals surface area contributed by atoms with Crippen molar-refractivity contribution in [1.82, 2.24) is 0 Å². The van der Waals surface area contributed by atoms with Crippen LogP contribution in [-0.2, 0) is 23.8 Å². The molecule has 3 rings (SSSR count). The number of fused-ring (bicyclic) bond motifs is 2. The molecule has 2 N–H and O–H groups in total. The van der Waals surface area contributed by atoms with E-state index in [-0.39, 0.29) is 11.1 Å². The smallest absolute Gasteiger partial charge is 0.337 e. The molecule has 0 fully saturated rings. The van der Waals surface area contributed by atoms with Gasteiger partial charge in [-0.3, -0.25) is 0 Å². The number of carbonyl (C=O) groups excluding carboxylic acids is 2. The number of hydrogen-bond donors (Lipinski definition) is 2. The van der Waals surface area contributed by atoms with Crippen molar-refractivity contribution in [1.29, 1.82) is 0 Å². The van der Waals surface area contributed by atoms with E-state index in [4.69, 9.17) is 14.2 Å². The maximum absolute atomic E-state index is 11.9. The van der Waals surface area contributed by atoms with Crippen molar-refractivity contribution in [2.45, 2.75) is 24.9 Å². The molecule has 1 aliphatic carbocycles. The van der Waals surface area contributed by atoms with Crippen molar-refractivity contribution in [2.75, 3.05) is 7.11 Å². The number of hydrogen-bond acceptors (Lipinski definition) is 7. The first-order valence-corrected chi connectivity index (χ1v) is 6.85. The highest BCUT2D eigenvalue weighted by molar-refractivity contribution is 5.94. The molecule has 5 atom stereocenters. The molecule has 0 saturated carbocycles. The third-order valence-electron chi connectivity index (χ3n) is 4.23. The summed E-state index contributed by atoms with van der Waals surface area (Å²) in [6, 6.07) is 0. The van der Waals surface area contributed by atoms with Gasteiger partial charge in [-0.05, 0) is 19.1 Å². The van der Waals surface area contributed by atoms with E-state index in [1.807, 2.05) is 0 Å². The Morgan fingerprint density at radius 2 is 2.23 bits per heavy atom. The van der Waals surface area contributed by atoms with Crippen molar-refractivity contribution >= 4 is 11.9 Å². The van der Waals surface area contributed by atoms with E-state index < -0.39 is 41.8 Å². The molecule has 7 heteroatoms. The van der Waals surface area contributed by atoms with Crippen LogP contribution in [-0.4, -0.2) is 47.3 Å². The summed E-state index contributed by atoms with van der Waals surface area (Å²) in [6.07, 6.45) is 3.67. The second-order valence-corrected chi connectivity index (χ2v) is 5.52. The van der Waals surface area contributed by atoms with Crippen molar-refractivity contribution in [2.24, 2.45) is 11.8 Å². The predicted molar refractivity (Wildman–Crippen MR) is 71.9 cm³/mol. The average Bonchev–Trinajstić information content (AvgIpc) is 3.01. The molecule has 0 unspecified atom stereocenters. The summed E-state index contributed by atoms with van der Waals surface area (Å²) in [5.41, 5.74) is -0.881. The van der Waals surface area contributed by atoms with Gasteiger partial charge in [0, 0.05) is 5.92 Å². The van der Waals surface area contributed by atoms with Crippen LogP contribution in [0.15, 0.2) is 35.6 Å². The lowest BCUT2D eigenvalue weighted by atomic mass is 9.79. The quantitative estimate of drug-likeness (QED) is 0.538. The Morgan fingerprint density at radius 3 is 2.82 bits per heavy atom. The molecule has 0 aromatic heterocycles. The minimum atomic E-state index is -1.26. The van der Waals surface area contributed by atoms with Crippen LogP contribution in [0.3, 0.4) is 0 Å². The molecule has 118 valence electrons. The molecule has 0 amide bonds. The molecule has 2 aliphatic heterocycles. The Morgan fingerprint density at radius 1 is 1.50 bits per heavy atom. The maximum Gasteiger partial charge on any atom is 0.337 e. The summed E-state index contributed by atoms with van der Waals surface area (Å²) >= 11 is 0. The minimum Gasteiger partial charge on any atom is -0.472 e. The molecule has 0 radical (unpaired) electrons. The van der Waals surface area contributed by atoms with Crippen LogP contribution in [0.1, 0.15) is 6.92 Å². The number of ether oxygens (including phenoxy) is 3. The zero-order valence-corrected chi connectivity index (χ0v) is 12.1. The molecule has 0 aromatic carbocycles. The van der Waals surface area contributed by atoms with Crippen LogP contribution in [0.4, 0.5) is 0 Å². The molecule has 0 aromatic rings. The lowest BCUT2D eigenvalue weighted by Gasteiger charge is -2.37. The van der Waals surface area contributed by atoms with E-state index in [2.05, 4.69) is 0 Å². The number of carbonyl (C=O) groups is 2. The number of allylic oxidation sites excluding steroid dienone is 1. The molecule has 0 bridgehead atoms. The predicted octanol–water partition coefficient (Wildman–Crippen LogP) is -0.203. The Hall–Kier alpha value is -2.12. The Labute approximate surface area is 126 Å². The summed E-state index contributed by atoms with van der Waals surface area (Å²) in [5, 5.41) is 19.8. The SMILES string of the molecule is COC(=O)C1=CO[C@@H](O)[C@H]2[C@@H]1C=C[C@@]21C=C([C@H](C)O)C(=O)O1. The number of methoxy groups -OCH3 is 1. The van der Waals surface area contributed by atoms with Crippen LogP contribution >= 0.6 is 0 Å². The molecule has 7 nitrogen and oxygen atoms in total. The monoisotopic (exact) mass is 308 g/mol. The third kappa shape index (κ3) is 1.97. The second kappa shape index (κ2) is 4.96. The van der Waals surface area contributed by atoms with Gasteiger partial charge in [0.15, 0.2) is 5.60 Å². The van der Waals surface area contributed by atoms with Crippen molar-refractivity contribution in [3.05, 3.63) is 35.6 Å². The van der Waals surface area contributed by atoms with Gasteiger partial charge in [-0.25, -0.2) is 9.59 Å². The number of aliphatic hydroxyl groups is 2. The molecule has 3 aliphatic rings. The molecular formula is C15H16O7. The zero-order valence-electron chi connectivity index (χ0n) is 12.1. The van der Waals surface area contributed by atoms with Crippen LogP contribution in [0.25, 0.3) is 0 Å². The van der Waals surface area contributed by atoms with Crippen molar-refractivity contribution < 1.29 is 34.0 Å². The van der Waals surface area contributed by atoms with Gasteiger partial charge < -0.3 is 24.4 Å². The van der Waals surface area contributed by atoms with E-state index in [1.165, 1.54) is 20.1 Å². The standard InChI is InChI=1S/C15H16O7/c1-7(16)9-5-15(22-13(9)18)4-3-8-10(12(17)20-2)6-21-14(19)11(8)15/h3-8,11,14,16,19H,1-2H3/t7-,8+,11+,14+,15+/m0/s1. The normalized spacial score (nSPS) is 37.1. The first kappa shape index (κ1) is 14.8. The first-order chi connectivity index (χ1) is 10.4. The summed E-state index contributed by atoms with van der Waals surface area (Å²) < 4.78 is 15.2. The third-order valence-corrected chi connectivity index (χ3v) is 4.23. The summed E-state index contributed by atoms with van der Waals surface area (Å²) in [4.78, 5) is 23.7. The Bertz CT molecular complexity index is 615. The fraction of sp³-hybridized carbons (Fsp3) is 0.467. The van der Waals surface area contributed by atoms with E-state index in [9.17, 15) is 19.8 Å². The topological polar surface area (TPSA) is 102 Å². The highest BCUT2D eigenvalue weighted by Gasteiger charge is 2.57. The van der Waals surface area contributed by atoms with Gasteiger partial charge in [0.1, 0.15) is 0 Å². The molecular weight excluding hydrogens is 292 g/mol. The summed E-state index contributed by atoms with van der Waals surface area (Å²) in [7, 11) is 1.25. The highest BCUT2D eigenvalue weighted by atomic mass is 16.6. The van der Waals surface area contributed by atoms with Crippen LogP contribution < -0.4 is 0 Å². The van der Waals surface area contributed by atoms with Crippen LogP contribution in [0.5, 0.6) is 0 Å². The molecule has 0 saturated heterocycles. The van der Waals surface area contributed by atoms with Gasteiger partial charge in [0.05, 0.1) is 36.5 Å². The zero-order chi connectivity index (χ0) is 16.1. The fourth-order valence-corrected chi connectivity index (χ4v) is 3.16. The number of aliphatic hydroxyl groups excluding tert-OH is 2. The van der Waals surface area contributed by atoms with E-state index in [0.29, 0.717) is 0 Å². The average molecular weight is 308 g/mol. The Balaban J connectivity index is 2.00. The van der Waals surface area contributed by atoms with E-state index in [1.54, 1.807) is 12.2 Å². The number of rotatable bonds is 2. The van der Waals surface area contributed by atoms with E-state index in [0.717, 1.165) is 6.26 Å².